The van der Waals surface area contributed by atoms with Crippen LogP contribution in [-0.4, -0.2) is 4.98 Å². The molecule has 3 aromatic rings. The summed E-state index contributed by atoms with van der Waals surface area (Å²) in [6, 6.07) is 17.8. The lowest BCUT2D eigenvalue weighted by Gasteiger charge is -2.11. The first kappa shape index (κ1) is 11.4. The maximum atomic E-state index is 6.14. The largest absolute Gasteiger partial charge is 0.399 e. The molecule has 0 radical (unpaired) electrons. The second-order valence-electron chi connectivity index (χ2n) is 4.48. The summed E-state index contributed by atoms with van der Waals surface area (Å²) in [6.07, 6.45) is 1.90. The molecule has 0 aliphatic rings. The summed E-state index contributed by atoms with van der Waals surface area (Å²) < 4.78 is 0. The Morgan fingerprint density at radius 1 is 0.789 bits per heavy atom. The highest BCUT2D eigenvalue weighted by Crippen LogP contribution is 2.35. The maximum absolute atomic E-state index is 6.14. The lowest BCUT2D eigenvalue weighted by molar-refractivity contribution is 1.40. The Labute approximate surface area is 111 Å². The van der Waals surface area contributed by atoms with Gasteiger partial charge in [-0.2, -0.15) is 0 Å². The van der Waals surface area contributed by atoms with Crippen LogP contribution in [0.3, 0.4) is 0 Å². The number of nitrogens with two attached hydrogens (primary N) is 2. The van der Waals surface area contributed by atoms with Crippen molar-refractivity contribution < 1.29 is 0 Å². The van der Waals surface area contributed by atoms with Crippen LogP contribution in [0.5, 0.6) is 0 Å². The molecule has 2 aromatic carbocycles. The third kappa shape index (κ3) is 2.06. The zero-order valence-corrected chi connectivity index (χ0v) is 10.4. The second kappa shape index (κ2) is 4.53. The number of benzene rings is 2. The first-order valence-corrected chi connectivity index (χ1v) is 6.14. The topological polar surface area (TPSA) is 67.8 Å². The number of H-pyrrole nitrogens is 1. The molecule has 0 aliphatic heterocycles. The molecule has 0 amide bonds. The summed E-state index contributed by atoms with van der Waals surface area (Å²) in [4.78, 5) is 3.21. The minimum absolute atomic E-state index is 0.758. The Morgan fingerprint density at radius 3 is 2.26 bits per heavy atom. The Morgan fingerprint density at radius 2 is 1.58 bits per heavy atom. The Balaban J connectivity index is 2.22. The summed E-state index contributed by atoms with van der Waals surface area (Å²) in [5.41, 5.74) is 17.6. The van der Waals surface area contributed by atoms with Crippen molar-refractivity contribution >= 4 is 11.4 Å². The third-order valence-corrected chi connectivity index (χ3v) is 3.19. The number of hydrogen-bond donors (Lipinski definition) is 3. The van der Waals surface area contributed by atoms with Crippen LogP contribution in [0.4, 0.5) is 11.4 Å². The number of hydrogen-bond acceptors (Lipinski definition) is 2. The van der Waals surface area contributed by atoms with Crippen LogP contribution in [0.2, 0.25) is 0 Å². The van der Waals surface area contributed by atoms with Gasteiger partial charge in [-0.3, -0.25) is 0 Å². The first-order valence-electron chi connectivity index (χ1n) is 6.14. The quantitative estimate of drug-likeness (QED) is 0.608. The molecule has 3 heteroatoms. The molecule has 1 heterocycles. The van der Waals surface area contributed by atoms with E-state index in [9.17, 15) is 0 Å². The molecule has 0 saturated carbocycles. The Hall–Kier alpha value is -2.68. The fraction of sp³-hybridized carbons (Fsp3) is 0. The number of rotatable bonds is 2. The first-order chi connectivity index (χ1) is 9.25. The lowest BCUT2D eigenvalue weighted by atomic mass is 9.96. The van der Waals surface area contributed by atoms with Gasteiger partial charge in [0.25, 0.3) is 0 Å². The normalized spacial score (nSPS) is 10.5. The van der Waals surface area contributed by atoms with Crippen molar-refractivity contribution in [3.63, 3.8) is 0 Å². The van der Waals surface area contributed by atoms with Gasteiger partial charge in [0.15, 0.2) is 0 Å². The SMILES string of the molecule is Nc1ccc(-c2cccc(N)c2-c2ccc[nH]2)cc1. The minimum atomic E-state index is 0.758. The molecule has 0 bridgehead atoms. The second-order valence-corrected chi connectivity index (χ2v) is 4.48. The number of aromatic amines is 1. The van der Waals surface area contributed by atoms with Gasteiger partial charge in [-0.25, -0.2) is 0 Å². The molecule has 0 aliphatic carbocycles. The molecule has 0 atom stereocenters. The van der Waals surface area contributed by atoms with Gasteiger partial charge >= 0.3 is 0 Å². The van der Waals surface area contributed by atoms with E-state index in [0.29, 0.717) is 0 Å². The minimum Gasteiger partial charge on any atom is -0.399 e. The molecule has 0 unspecified atom stereocenters. The van der Waals surface area contributed by atoms with Gasteiger partial charge in [0.2, 0.25) is 0 Å². The van der Waals surface area contributed by atoms with Gasteiger partial charge in [0.05, 0.1) is 0 Å². The zero-order chi connectivity index (χ0) is 13.2. The molecule has 3 nitrogen and oxygen atoms in total. The number of nitrogens with one attached hydrogen (secondary N) is 1. The summed E-state index contributed by atoms with van der Waals surface area (Å²) in [7, 11) is 0. The van der Waals surface area contributed by atoms with Crippen molar-refractivity contribution in [1.29, 1.82) is 0 Å². The average Bonchev–Trinajstić information content (AvgIpc) is 2.93. The monoisotopic (exact) mass is 249 g/mol. The smallest absolute Gasteiger partial charge is 0.0481 e. The van der Waals surface area contributed by atoms with Crippen LogP contribution in [0, 0.1) is 0 Å². The highest BCUT2D eigenvalue weighted by atomic mass is 14.7. The van der Waals surface area contributed by atoms with Gasteiger partial charge < -0.3 is 16.5 Å². The predicted octanol–water partition coefficient (Wildman–Crippen LogP) is 3.51. The molecule has 0 spiro atoms. The van der Waals surface area contributed by atoms with Gasteiger partial charge in [-0.1, -0.05) is 24.3 Å². The van der Waals surface area contributed by atoms with Crippen LogP contribution in [0.25, 0.3) is 22.4 Å². The molecule has 0 fully saturated rings. The van der Waals surface area contributed by atoms with Crippen LogP contribution in [0.1, 0.15) is 0 Å². The highest BCUT2D eigenvalue weighted by Gasteiger charge is 2.10. The molecule has 19 heavy (non-hydrogen) atoms. The molecule has 94 valence electrons. The average molecular weight is 249 g/mol. The molecule has 5 N–H and O–H groups in total. The van der Waals surface area contributed by atoms with Crippen LogP contribution in [-0.2, 0) is 0 Å². The van der Waals surface area contributed by atoms with E-state index < -0.39 is 0 Å². The lowest BCUT2D eigenvalue weighted by Crippen LogP contribution is -1.93. The van der Waals surface area contributed by atoms with Gasteiger partial charge in [0, 0.05) is 28.8 Å². The Kier molecular flexibility index (Phi) is 2.72. The molecule has 0 saturated heterocycles. The number of anilines is 2. The molecular weight excluding hydrogens is 234 g/mol. The molecular formula is C16H15N3. The summed E-state index contributed by atoms with van der Waals surface area (Å²) >= 11 is 0. The summed E-state index contributed by atoms with van der Waals surface area (Å²) in [5, 5.41) is 0. The van der Waals surface area contributed by atoms with Crippen LogP contribution in [0.15, 0.2) is 60.8 Å². The Bertz CT molecular complexity index is 683. The van der Waals surface area contributed by atoms with Crippen molar-refractivity contribution in [1.82, 2.24) is 4.98 Å². The van der Waals surface area contributed by atoms with E-state index in [1.165, 1.54) is 0 Å². The van der Waals surface area contributed by atoms with Crippen molar-refractivity contribution in [3.05, 3.63) is 60.8 Å². The predicted molar refractivity (Wildman–Crippen MR) is 80.5 cm³/mol. The van der Waals surface area contributed by atoms with Crippen molar-refractivity contribution in [3.8, 4) is 22.4 Å². The zero-order valence-electron chi connectivity index (χ0n) is 10.4. The van der Waals surface area contributed by atoms with Crippen molar-refractivity contribution in [2.45, 2.75) is 0 Å². The van der Waals surface area contributed by atoms with Gasteiger partial charge in [-0.15, -0.1) is 0 Å². The molecule has 1 aromatic heterocycles. The van der Waals surface area contributed by atoms with E-state index in [2.05, 4.69) is 11.1 Å². The number of aromatic nitrogens is 1. The van der Waals surface area contributed by atoms with Crippen molar-refractivity contribution in [2.24, 2.45) is 0 Å². The van der Waals surface area contributed by atoms with E-state index in [0.717, 1.165) is 33.8 Å². The van der Waals surface area contributed by atoms with E-state index in [4.69, 9.17) is 11.5 Å². The van der Waals surface area contributed by atoms with Gasteiger partial charge in [-0.05, 0) is 41.5 Å². The third-order valence-electron chi connectivity index (χ3n) is 3.19. The number of nitrogen functional groups attached to an aromatic ring is 2. The summed E-state index contributed by atoms with van der Waals surface area (Å²) in [6.45, 7) is 0. The highest BCUT2D eigenvalue weighted by molar-refractivity contribution is 5.89. The van der Waals surface area contributed by atoms with Gasteiger partial charge in [0.1, 0.15) is 0 Å². The van der Waals surface area contributed by atoms with E-state index in [1.54, 1.807) is 0 Å². The van der Waals surface area contributed by atoms with E-state index in [1.807, 2.05) is 54.7 Å². The van der Waals surface area contributed by atoms with Crippen LogP contribution >= 0.6 is 0 Å². The summed E-state index contributed by atoms with van der Waals surface area (Å²) in [5.74, 6) is 0. The standard InChI is InChI=1S/C16H15N3/c17-12-8-6-11(7-9-12)13-3-1-4-14(18)16(13)15-5-2-10-19-15/h1-10,19H,17-18H2. The van der Waals surface area contributed by atoms with Crippen LogP contribution < -0.4 is 11.5 Å². The van der Waals surface area contributed by atoms with Crippen molar-refractivity contribution in [2.75, 3.05) is 11.5 Å². The van der Waals surface area contributed by atoms with E-state index in [-0.39, 0.29) is 0 Å². The van der Waals surface area contributed by atoms with E-state index >= 15 is 0 Å². The fourth-order valence-electron chi connectivity index (χ4n) is 2.26. The fourth-order valence-corrected chi connectivity index (χ4v) is 2.26. The molecule has 3 rings (SSSR count). The maximum Gasteiger partial charge on any atom is 0.0481 e.